The van der Waals surface area contributed by atoms with Crippen LogP contribution in [-0.2, 0) is 61.3 Å². The van der Waals surface area contributed by atoms with Crippen LogP contribution in [0.25, 0.3) is 11.0 Å². The predicted molar refractivity (Wildman–Crippen MR) is 465 cm³/mol. The number of H-pyrrole nitrogens is 2. The molecule has 9 aliphatic rings. The number of nitrogens with zero attached hydrogens (tertiary/aromatic N) is 10. The number of anilines is 2. The maximum Gasteiger partial charge on any atom is 0.411 e. The van der Waals surface area contributed by atoms with Crippen molar-refractivity contribution in [2.24, 2.45) is 0 Å². The number of carbonyl (C=O) groups excluding carboxylic acids is 4. The third-order valence-electron chi connectivity index (χ3n) is 22.4. The van der Waals surface area contributed by atoms with Crippen LogP contribution in [0.3, 0.4) is 0 Å². The van der Waals surface area contributed by atoms with Crippen molar-refractivity contribution in [2.45, 2.75) is 433 Å². The number of amides is 4. The number of aliphatic hydroxyl groups excluding tert-OH is 3. The number of nitrogen functional groups attached to an aromatic ring is 2. The molecule has 35 nitrogen and oxygen atoms in total. The number of ether oxygens (including phenoxy) is 12. The highest BCUT2D eigenvalue weighted by Gasteiger charge is 2.65. The average molecular weight is 1750 g/mol. The number of aromatic amines is 2. The number of nitriles is 4. The van der Waals surface area contributed by atoms with E-state index in [0.29, 0.717) is 41.1 Å². The monoisotopic (exact) mass is 1750 g/mol. The summed E-state index contributed by atoms with van der Waals surface area (Å²) in [6, 6.07) is 4.89. The molecule has 696 valence electrons. The normalized spacial score (nSPS) is 30.2. The topological polar surface area (TPSA) is 479 Å². The molecular weight excluding hydrogens is 1600 g/mol. The maximum atomic E-state index is 13.1. The highest BCUT2D eigenvalue weighted by molar-refractivity contribution is 6.74. The van der Waals surface area contributed by atoms with Crippen molar-refractivity contribution in [2.75, 3.05) is 24.7 Å². The first-order chi connectivity index (χ1) is 54.8. The zero-order valence-electron chi connectivity index (χ0n) is 74.8. The molecule has 5 unspecified atom stereocenters. The molecule has 12 rings (SSSR count). The van der Waals surface area contributed by atoms with Crippen LogP contribution >= 0.6 is 0 Å². The summed E-state index contributed by atoms with van der Waals surface area (Å²) in [6.45, 7) is 53.4. The fourth-order valence-electron chi connectivity index (χ4n) is 16.6. The van der Waals surface area contributed by atoms with Gasteiger partial charge in [-0.3, -0.25) is 19.6 Å². The van der Waals surface area contributed by atoms with Crippen molar-refractivity contribution in [3.05, 3.63) is 35.5 Å². The third-order valence-corrected chi connectivity index (χ3v) is 26.9. The van der Waals surface area contributed by atoms with Gasteiger partial charge < -0.3 is 103 Å². The first-order valence-corrected chi connectivity index (χ1v) is 44.1. The summed E-state index contributed by atoms with van der Waals surface area (Å²) < 4.78 is 76.9. The van der Waals surface area contributed by atoms with E-state index in [1.807, 2.05) is 131 Å². The molecule has 0 aliphatic carbocycles. The van der Waals surface area contributed by atoms with Gasteiger partial charge in [-0.1, -0.05) is 71.2 Å². The quantitative estimate of drug-likeness (QED) is 0.0616. The van der Waals surface area contributed by atoms with Crippen molar-refractivity contribution >= 4 is 55.2 Å². The van der Waals surface area contributed by atoms with Crippen LogP contribution < -0.4 is 16.8 Å². The highest BCUT2D eigenvalue weighted by Crippen LogP contribution is 2.52. The first-order valence-electron chi connectivity index (χ1n) is 41.2. The standard InChI is InChI=1S/C21H38N2O5Si.C19H28N4O4.C16H26N2O4.C15H24N2O5.C12H17N5O2.4CH4/c1-19(2,3)28-18(24)23-14(11-12-22)16-17(27-21(7,8)26-16)15(23)13-25-29(9,10)20(4,5)6;1-7-12-15-16(26-19(5,6)25-15)14(10-9-22-11(8-20)13(10)21)23(12)17(24)27-18(2,3)4;1-7-10-12-13(21-16(5,6)20-12)11(8-9-17)18(10)14(19)22-15(2,3)4;1-14(2,3)22-13(19)17-9(6-7-16)11-12(10(17)8-18)21-15(4,5)20-11;1-2-6-10(18)11(19)8(17-6)5-3-14-9-7(5)15-4-16-12(9)13;;;;/h14-17H,11,13H2,1-10H3;9,12,14-16,22H,7,21H2,1-6H3;10-13H,7-8H2,1-6H3;9-12,18H,6,8H2,1-5H3;3-4,6,8,10-11,14,17-19H,2H2,1H3,(H2,13,15,16);4*1H4/t14-,15+,16?,17-;12-,14-,15+,16?;10-,11+,12+,13?;9-,10+,11?,12-;6-,8+,10+,11?;;;;/m01101..../s1. The van der Waals surface area contributed by atoms with Gasteiger partial charge >= 0.3 is 24.4 Å². The number of rotatable bonds is 12. The lowest BCUT2D eigenvalue weighted by Gasteiger charge is -2.39. The number of fused-ring (bicyclic) bond motifs is 5. The molecule has 0 bridgehead atoms. The van der Waals surface area contributed by atoms with Gasteiger partial charge in [-0.05, 0) is 176 Å². The minimum atomic E-state index is -2.04. The largest absolute Gasteiger partial charge is 0.444 e. The molecule has 0 saturated carbocycles. The van der Waals surface area contributed by atoms with Crippen LogP contribution in [0, 0.1) is 45.3 Å². The summed E-state index contributed by atoms with van der Waals surface area (Å²) in [6.07, 6.45) is 1.03. The zero-order chi connectivity index (χ0) is 89.5. The Morgan fingerprint density at radius 3 is 1.19 bits per heavy atom. The lowest BCUT2D eigenvalue weighted by molar-refractivity contribution is -0.168. The molecule has 9 fully saturated rings. The SMILES string of the molecule is C.C.C.C.CC(C)(C)OC(=O)N1[C@H](CO)[C@@H]2OC(C)(C)OC2[C@@H]1CC#N.CC(C)(C)OC(=O)N1[C@H](CO[Si](C)(C)C(C)(C)C)[C@@H]2OC(C)(C)OC2[C@@H]1CC#N.CC[C@@H]1[C@@H]2OC(C)(C)OC2[C@@H](c2c[nH]c(C#N)c2N)N1C(=O)OC(C)(C)C.CC[C@@H]1[C@@H]2OC(C)(C)OC2[C@H](CC#N)N1C(=O)OC(C)(C)C.CC[C@H]1N[C@@H](c2c[nH]c3c(N)ncnc23)C(O)[C@H]1O. The summed E-state index contributed by atoms with van der Waals surface area (Å²) in [5, 5.41) is 70.0. The van der Waals surface area contributed by atoms with E-state index in [2.05, 4.69) is 77.3 Å². The van der Waals surface area contributed by atoms with Crippen LogP contribution in [-0.4, -0.2) is 256 Å². The summed E-state index contributed by atoms with van der Waals surface area (Å²) in [5.41, 5.74) is 12.8. The predicted octanol–water partition coefficient (Wildman–Crippen LogP) is 13.9. The van der Waals surface area contributed by atoms with Crippen LogP contribution in [0.4, 0.5) is 30.7 Å². The number of hydrogen-bond donors (Lipinski definition) is 8. The molecule has 123 heavy (non-hydrogen) atoms. The lowest BCUT2D eigenvalue weighted by Crippen LogP contribution is -2.52. The Bertz CT molecular complexity index is 4120. The van der Waals surface area contributed by atoms with E-state index >= 15 is 0 Å². The Morgan fingerprint density at radius 1 is 0.496 bits per heavy atom. The molecule has 9 saturated heterocycles. The Hall–Kier alpha value is -7.76. The zero-order valence-corrected chi connectivity index (χ0v) is 75.8. The van der Waals surface area contributed by atoms with Crippen molar-refractivity contribution in [3.8, 4) is 24.3 Å². The van der Waals surface area contributed by atoms with Gasteiger partial charge in [-0.25, -0.2) is 29.1 Å². The minimum absolute atomic E-state index is 0. The molecule has 4 amide bonds. The van der Waals surface area contributed by atoms with Crippen LogP contribution in [0.15, 0.2) is 18.7 Å². The maximum absolute atomic E-state index is 13.1. The molecular formula is C87H149N15O20Si. The van der Waals surface area contributed by atoms with E-state index in [1.165, 1.54) is 11.2 Å². The Morgan fingerprint density at radius 2 is 0.837 bits per heavy atom. The molecule has 20 atom stereocenters. The smallest absolute Gasteiger partial charge is 0.411 e. The second kappa shape index (κ2) is 40.5. The van der Waals surface area contributed by atoms with Gasteiger partial charge in [-0.15, -0.1) is 0 Å². The van der Waals surface area contributed by atoms with Crippen LogP contribution in [0.1, 0.15) is 277 Å². The molecule has 36 heteroatoms. The summed E-state index contributed by atoms with van der Waals surface area (Å²) in [4.78, 5) is 71.6. The van der Waals surface area contributed by atoms with Crippen LogP contribution in [0.2, 0.25) is 18.1 Å². The summed E-state index contributed by atoms with van der Waals surface area (Å²) >= 11 is 0. The van der Waals surface area contributed by atoms with E-state index in [4.69, 9.17) is 83.3 Å². The molecule has 9 aliphatic heterocycles. The highest BCUT2D eigenvalue weighted by atomic mass is 28.4. The van der Waals surface area contributed by atoms with Gasteiger partial charge in [-0.2, -0.15) is 21.0 Å². The van der Waals surface area contributed by atoms with Crippen molar-refractivity contribution in [1.82, 2.24) is 44.9 Å². The van der Waals surface area contributed by atoms with Crippen molar-refractivity contribution < 1.29 is 95.8 Å². The number of hydrogen-bond acceptors (Lipinski definition) is 29. The van der Waals surface area contributed by atoms with Gasteiger partial charge in [0.25, 0.3) is 0 Å². The van der Waals surface area contributed by atoms with E-state index < -0.39 is 133 Å². The molecule has 12 heterocycles. The lowest BCUT2D eigenvalue weighted by atomic mass is 10.0. The Labute approximate surface area is 731 Å². The third kappa shape index (κ3) is 24.5. The molecule has 0 aromatic carbocycles. The van der Waals surface area contributed by atoms with E-state index in [0.717, 1.165) is 18.4 Å². The summed E-state index contributed by atoms with van der Waals surface area (Å²) in [5.74, 6) is -2.63. The van der Waals surface area contributed by atoms with E-state index in [-0.39, 0.29) is 133 Å². The van der Waals surface area contributed by atoms with Crippen molar-refractivity contribution in [3.63, 3.8) is 0 Å². The number of nitrogens with two attached hydrogens (primary N) is 2. The first kappa shape index (κ1) is 108. The van der Waals surface area contributed by atoms with Crippen LogP contribution in [0.5, 0.6) is 0 Å². The Balaban J connectivity index is 0.000000322. The fraction of sp³-hybridized carbons (Fsp3) is 0.793. The molecule has 3 aromatic rings. The number of aromatic nitrogens is 4. The molecule has 0 spiro atoms. The number of carbonyl (C=O) groups is 4. The minimum Gasteiger partial charge on any atom is -0.444 e. The second-order valence-electron chi connectivity index (χ2n) is 38.9. The van der Waals surface area contributed by atoms with Gasteiger partial charge in [0.05, 0.1) is 122 Å². The Kier molecular flexibility index (Phi) is 35.4. The average Bonchev–Trinajstić information content (AvgIpc) is 1.58. The second-order valence-corrected chi connectivity index (χ2v) is 43.7. The number of nitrogens with one attached hydrogen (secondary N) is 3. The molecule has 10 N–H and O–H groups in total. The van der Waals surface area contributed by atoms with Gasteiger partial charge in [0.15, 0.2) is 37.3 Å². The van der Waals surface area contributed by atoms with Crippen molar-refractivity contribution in [1.29, 1.82) is 21.0 Å². The van der Waals surface area contributed by atoms with E-state index in [1.54, 1.807) is 61.7 Å². The molecule has 0 radical (unpaired) electrons. The number of aliphatic hydroxyl groups is 3. The summed E-state index contributed by atoms with van der Waals surface area (Å²) in [7, 11) is -2.04. The fourth-order valence-corrected chi connectivity index (χ4v) is 17.6. The van der Waals surface area contributed by atoms with Gasteiger partial charge in [0.1, 0.15) is 101 Å². The van der Waals surface area contributed by atoms with Gasteiger partial charge in [0.2, 0.25) is 0 Å². The number of likely N-dealkylation sites (tertiary alicyclic amines) is 4. The molecule has 3 aromatic heterocycles. The van der Waals surface area contributed by atoms with E-state index in [9.17, 15) is 45.0 Å². The van der Waals surface area contributed by atoms with Gasteiger partial charge in [0, 0.05) is 29.6 Å².